The molecule has 1 aliphatic heterocycles. The highest BCUT2D eigenvalue weighted by Gasteiger charge is 2.28. The van der Waals surface area contributed by atoms with Crippen LogP contribution in [-0.2, 0) is 16.4 Å². The topological polar surface area (TPSA) is 63.2 Å². The normalized spacial score (nSPS) is 19.3. The van der Waals surface area contributed by atoms with Gasteiger partial charge in [-0.05, 0) is 31.4 Å². The van der Waals surface area contributed by atoms with Crippen LogP contribution in [0.2, 0.25) is 0 Å². The standard InChI is InChI=1S/C18H23N3O2S/c1-14-11-17(12-15-7-4-3-5-8-15)20-18(19-14)16-9-6-10-21(13-16)24(2,22)23/h3-5,7-8,11,16H,6,9-10,12-13H2,1-2H3/t16-/m1/s1. The van der Waals surface area contributed by atoms with Crippen molar-refractivity contribution in [1.29, 1.82) is 0 Å². The molecule has 2 aromatic rings. The fourth-order valence-corrected chi connectivity index (χ4v) is 4.10. The van der Waals surface area contributed by atoms with Crippen LogP contribution in [0.5, 0.6) is 0 Å². The predicted molar refractivity (Wildman–Crippen MR) is 94.4 cm³/mol. The number of hydrogen-bond acceptors (Lipinski definition) is 4. The van der Waals surface area contributed by atoms with Gasteiger partial charge in [-0.3, -0.25) is 0 Å². The third kappa shape index (κ3) is 4.19. The second kappa shape index (κ2) is 6.99. The monoisotopic (exact) mass is 345 g/mol. The smallest absolute Gasteiger partial charge is 0.211 e. The zero-order chi connectivity index (χ0) is 17.2. The van der Waals surface area contributed by atoms with Crippen molar-refractivity contribution >= 4 is 10.0 Å². The summed E-state index contributed by atoms with van der Waals surface area (Å²) in [6, 6.07) is 12.2. The third-order valence-electron chi connectivity index (χ3n) is 4.37. The average molecular weight is 345 g/mol. The number of benzene rings is 1. The first-order valence-electron chi connectivity index (χ1n) is 8.25. The van der Waals surface area contributed by atoms with Gasteiger partial charge in [0, 0.05) is 36.8 Å². The van der Waals surface area contributed by atoms with Crippen molar-refractivity contribution in [2.45, 2.75) is 32.1 Å². The summed E-state index contributed by atoms with van der Waals surface area (Å²) in [5.74, 6) is 0.845. The number of nitrogens with zero attached hydrogens (tertiary/aromatic N) is 3. The molecule has 0 N–H and O–H groups in total. The molecule has 3 rings (SSSR count). The highest BCUT2D eigenvalue weighted by Crippen LogP contribution is 2.26. The number of aromatic nitrogens is 2. The van der Waals surface area contributed by atoms with Crippen molar-refractivity contribution < 1.29 is 8.42 Å². The van der Waals surface area contributed by atoms with E-state index in [-0.39, 0.29) is 5.92 Å². The molecule has 5 nitrogen and oxygen atoms in total. The number of aryl methyl sites for hydroxylation is 1. The van der Waals surface area contributed by atoms with Crippen LogP contribution in [0.4, 0.5) is 0 Å². The van der Waals surface area contributed by atoms with Crippen LogP contribution in [-0.4, -0.2) is 42.0 Å². The van der Waals surface area contributed by atoms with E-state index in [4.69, 9.17) is 4.98 Å². The quantitative estimate of drug-likeness (QED) is 0.854. The summed E-state index contributed by atoms with van der Waals surface area (Å²) < 4.78 is 25.2. The van der Waals surface area contributed by atoms with Crippen molar-refractivity contribution in [3.8, 4) is 0 Å². The predicted octanol–water partition coefficient (Wildman–Crippen LogP) is 2.51. The first kappa shape index (κ1) is 17.0. The molecule has 1 aromatic heterocycles. The summed E-state index contributed by atoms with van der Waals surface area (Å²) >= 11 is 0. The van der Waals surface area contributed by atoms with E-state index in [1.807, 2.05) is 31.2 Å². The zero-order valence-corrected chi connectivity index (χ0v) is 15.0. The van der Waals surface area contributed by atoms with Crippen molar-refractivity contribution in [3.63, 3.8) is 0 Å². The van der Waals surface area contributed by atoms with E-state index >= 15 is 0 Å². The zero-order valence-electron chi connectivity index (χ0n) is 14.1. The maximum absolute atomic E-state index is 11.8. The van der Waals surface area contributed by atoms with Crippen LogP contribution in [0.25, 0.3) is 0 Å². The van der Waals surface area contributed by atoms with Crippen LogP contribution in [0.3, 0.4) is 0 Å². The largest absolute Gasteiger partial charge is 0.238 e. The van der Waals surface area contributed by atoms with Gasteiger partial charge >= 0.3 is 0 Å². The molecule has 1 fully saturated rings. The minimum absolute atomic E-state index is 0.0721. The molecule has 128 valence electrons. The summed E-state index contributed by atoms with van der Waals surface area (Å²) in [6.45, 7) is 3.04. The lowest BCUT2D eigenvalue weighted by Gasteiger charge is -2.30. The Labute approximate surface area is 143 Å². The number of sulfonamides is 1. The molecule has 6 heteroatoms. The fourth-order valence-electron chi connectivity index (χ4n) is 3.19. The maximum Gasteiger partial charge on any atom is 0.211 e. The van der Waals surface area contributed by atoms with E-state index in [2.05, 4.69) is 17.1 Å². The minimum atomic E-state index is -3.16. The molecular formula is C18H23N3O2S. The van der Waals surface area contributed by atoms with Gasteiger partial charge < -0.3 is 0 Å². The Morgan fingerprint density at radius 2 is 1.96 bits per heavy atom. The molecule has 1 aromatic carbocycles. The van der Waals surface area contributed by atoms with Gasteiger partial charge in [-0.2, -0.15) is 0 Å². The Morgan fingerprint density at radius 3 is 2.67 bits per heavy atom. The van der Waals surface area contributed by atoms with E-state index in [1.54, 1.807) is 4.31 Å². The molecule has 0 aliphatic carbocycles. The van der Waals surface area contributed by atoms with Gasteiger partial charge in [0.25, 0.3) is 0 Å². The molecule has 1 aliphatic rings. The molecule has 1 atom stereocenters. The van der Waals surface area contributed by atoms with Crippen LogP contribution >= 0.6 is 0 Å². The van der Waals surface area contributed by atoms with Crippen LogP contribution in [0.1, 0.15) is 41.5 Å². The van der Waals surface area contributed by atoms with Gasteiger partial charge in [-0.15, -0.1) is 0 Å². The SMILES string of the molecule is Cc1cc(Cc2ccccc2)nc([C@@H]2CCCN(S(C)(=O)=O)C2)n1. The summed E-state index contributed by atoms with van der Waals surface area (Å²) in [6.07, 6.45) is 3.82. The summed E-state index contributed by atoms with van der Waals surface area (Å²) in [5, 5.41) is 0. The summed E-state index contributed by atoms with van der Waals surface area (Å²) in [7, 11) is -3.16. The van der Waals surface area contributed by atoms with Gasteiger partial charge in [-0.1, -0.05) is 30.3 Å². The van der Waals surface area contributed by atoms with Crippen LogP contribution < -0.4 is 0 Å². The van der Waals surface area contributed by atoms with Crippen molar-refractivity contribution in [2.24, 2.45) is 0 Å². The fraction of sp³-hybridized carbons (Fsp3) is 0.444. The van der Waals surface area contributed by atoms with Crippen LogP contribution in [0, 0.1) is 6.92 Å². The number of hydrogen-bond donors (Lipinski definition) is 0. The first-order chi connectivity index (χ1) is 11.4. The Kier molecular flexibility index (Phi) is 4.96. The van der Waals surface area contributed by atoms with Gasteiger partial charge in [0.2, 0.25) is 10.0 Å². The van der Waals surface area contributed by atoms with Crippen molar-refractivity contribution in [1.82, 2.24) is 14.3 Å². The number of rotatable bonds is 4. The average Bonchev–Trinajstić information content (AvgIpc) is 2.54. The first-order valence-corrected chi connectivity index (χ1v) is 10.1. The van der Waals surface area contributed by atoms with E-state index < -0.39 is 10.0 Å². The van der Waals surface area contributed by atoms with Gasteiger partial charge in [-0.25, -0.2) is 22.7 Å². The van der Waals surface area contributed by atoms with E-state index in [1.165, 1.54) is 11.8 Å². The highest BCUT2D eigenvalue weighted by molar-refractivity contribution is 7.88. The minimum Gasteiger partial charge on any atom is -0.238 e. The molecule has 0 radical (unpaired) electrons. The molecule has 0 bridgehead atoms. The Hall–Kier alpha value is -1.79. The lowest BCUT2D eigenvalue weighted by Crippen LogP contribution is -2.38. The van der Waals surface area contributed by atoms with E-state index in [0.717, 1.165) is 36.5 Å². The molecule has 24 heavy (non-hydrogen) atoms. The number of piperidine rings is 1. The van der Waals surface area contributed by atoms with E-state index in [9.17, 15) is 8.42 Å². The molecule has 0 spiro atoms. The molecule has 0 amide bonds. The maximum atomic E-state index is 11.8. The van der Waals surface area contributed by atoms with E-state index in [0.29, 0.717) is 13.1 Å². The molecular weight excluding hydrogens is 322 g/mol. The Balaban J connectivity index is 1.83. The molecule has 0 saturated carbocycles. The molecule has 0 unspecified atom stereocenters. The Morgan fingerprint density at radius 1 is 1.21 bits per heavy atom. The molecule has 1 saturated heterocycles. The summed E-state index contributed by atoms with van der Waals surface area (Å²) in [5.41, 5.74) is 3.13. The molecule has 2 heterocycles. The van der Waals surface area contributed by atoms with Gasteiger partial charge in [0.05, 0.1) is 6.26 Å². The second-order valence-electron chi connectivity index (χ2n) is 6.48. The lowest BCUT2D eigenvalue weighted by molar-refractivity contribution is 0.310. The van der Waals surface area contributed by atoms with Gasteiger partial charge in [0.1, 0.15) is 5.82 Å². The summed E-state index contributed by atoms with van der Waals surface area (Å²) in [4.78, 5) is 9.32. The lowest BCUT2D eigenvalue weighted by atomic mass is 9.98. The van der Waals surface area contributed by atoms with Crippen molar-refractivity contribution in [2.75, 3.05) is 19.3 Å². The van der Waals surface area contributed by atoms with Crippen molar-refractivity contribution in [3.05, 3.63) is 59.2 Å². The second-order valence-corrected chi connectivity index (χ2v) is 8.46. The third-order valence-corrected chi connectivity index (χ3v) is 5.64. The Bertz CT molecular complexity index is 806. The highest BCUT2D eigenvalue weighted by atomic mass is 32.2. The van der Waals surface area contributed by atoms with Gasteiger partial charge in [0.15, 0.2) is 0 Å². The van der Waals surface area contributed by atoms with Crippen LogP contribution in [0.15, 0.2) is 36.4 Å².